The summed E-state index contributed by atoms with van der Waals surface area (Å²) >= 11 is 0. The maximum absolute atomic E-state index is 13.5. The number of carbonyl (C=O) groups excluding carboxylic acids is 1. The molecule has 5 aliphatic rings. The quantitative estimate of drug-likeness (QED) is 0.641. The molecule has 1 aliphatic heterocycles. The molecule has 6 nitrogen and oxygen atoms in total. The molecule has 1 heterocycles. The van der Waals surface area contributed by atoms with Crippen molar-refractivity contribution < 1.29 is 19.4 Å². The van der Waals surface area contributed by atoms with E-state index in [9.17, 15) is 14.7 Å². The van der Waals surface area contributed by atoms with Gasteiger partial charge in [-0.2, -0.15) is 0 Å². The zero-order valence-electron chi connectivity index (χ0n) is 20.2. The van der Waals surface area contributed by atoms with E-state index in [2.05, 4.69) is 0 Å². The largest absolute Gasteiger partial charge is 0.465 e. The summed E-state index contributed by atoms with van der Waals surface area (Å²) in [5.74, 6) is 3.18. The standard InChI is InChI=1S/C27H38N2O4/c1-27(2,3)33-26(32)29(16-17-7-5-4-6-8-17)22-9-10-28(25(30)31)24(22)23-20-12-18-11-19(14-20)15-21(23)13-18/h4-8,18-24H,9-16H2,1-3H3,(H,30,31)/t18?,19?,20?,21?,22?,23?,24-/m0/s1. The van der Waals surface area contributed by atoms with Crippen LogP contribution in [0.1, 0.15) is 64.9 Å². The fourth-order valence-electron chi connectivity index (χ4n) is 7.77. The molecule has 0 spiro atoms. The second-order valence-electron chi connectivity index (χ2n) is 11.9. The monoisotopic (exact) mass is 454 g/mol. The van der Waals surface area contributed by atoms with E-state index in [-0.39, 0.29) is 18.2 Å². The Morgan fingerprint density at radius 1 is 1.03 bits per heavy atom. The van der Waals surface area contributed by atoms with Gasteiger partial charge in [0.25, 0.3) is 0 Å². The Balaban J connectivity index is 1.48. The van der Waals surface area contributed by atoms with Gasteiger partial charge in [0.2, 0.25) is 0 Å². The highest BCUT2D eigenvalue weighted by Gasteiger charge is 2.56. The molecule has 0 aromatic heterocycles. The number of hydrogen-bond donors (Lipinski definition) is 1. The summed E-state index contributed by atoms with van der Waals surface area (Å²) in [6.07, 6.45) is 5.80. The number of rotatable bonds is 4. The molecule has 0 radical (unpaired) electrons. The maximum atomic E-state index is 13.5. The van der Waals surface area contributed by atoms with Crippen molar-refractivity contribution in [3.63, 3.8) is 0 Å². The van der Waals surface area contributed by atoms with E-state index >= 15 is 0 Å². The first-order valence-electron chi connectivity index (χ1n) is 12.7. The van der Waals surface area contributed by atoms with Gasteiger partial charge in [0.15, 0.2) is 0 Å². The first kappa shape index (κ1) is 22.5. The van der Waals surface area contributed by atoms with Crippen molar-refractivity contribution >= 4 is 12.2 Å². The lowest BCUT2D eigenvalue weighted by atomic mass is 9.50. The number of carboxylic acid groups (broad SMARTS) is 1. The van der Waals surface area contributed by atoms with E-state index in [4.69, 9.17) is 4.74 Å². The molecule has 1 aromatic carbocycles. The van der Waals surface area contributed by atoms with Crippen LogP contribution in [0.25, 0.3) is 0 Å². The normalized spacial score (nSPS) is 35.0. The molecule has 33 heavy (non-hydrogen) atoms. The molecule has 4 aliphatic carbocycles. The Kier molecular flexibility index (Phi) is 5.82. The average Bonchev–Trinajstić information content (AvgIpc) is 3.15. The molecule has 5 fully saturated rings. The topological polar surface area (TPSA) is 70.1 Å². The third kappa shape index (κ3) is 4.45. The van der Waals surface area contributed by atoms with E-state index in [1.54, 1.807) is 4.90 Å². The van der Waals surface area contributed by atoms with Crippen LogP contribution in [0.4, 0.5) is 9.59 Å². The van der Waals surface area contributed by atoms with Gasteiger partial charge in [0, 0.05) is 13.1 Å². The van der Waals surface area contributed by atoms with E-state index in [1.807, 2.05) is 56.0 Å². The van der Waals surface area contributed by atoms with Gasteiger partial charge in [0.05, 0.1) is 12.1 Å². The van der Waals surface area contributed by atoms with E-state index in [0.29, 0.717) is 37.3 Å². The minimum absolute atomic E-state index is 0.145. The molecule has 1 saturated heterocycles. The predicted octanol–water partition coefficient (Wildman–Crippen LogP) is 5.62. The van der Waals surface area contributed by atoms with Crippen molar-refractivity contribution in [2.75, 3.05) is 6.54 Å². The maximum Gasteiger partial charge on any atom is 0.410 e. The van der Waals surface area contributed by atoms with Crippen LogP contribution in [0, 0.1) is 29.6 Å². The van der Waals surface area contributed by atoms with Crippen LogP contribution in [-0.4, -0.2) is 51.3 Å². The van der Waals surface area contributed by atoms with Gasteiger partial charge in [0.1, 0.15) is 5.60 Å². The molecule has 4 saturated carbocycles. The van der Waals surface area contributed by atoms with E-state index in [0.717, 1.165) is 17.4 Å². The van der Waals surface area contributed by atoms with Crippen molar-refractivity contribution in [2.24, 2.45) is 29.6 Å². The molecule has 180 valence electrons. The molecule has 6 rings (SSSR count). The van der Waals surface area contributed by atoms with Crippen molar-refractivity contribution in [2.45, 2.75) is 83.5 Å². The van der Waals surface area contributed by atoms with Crippen LogP contribution in [0.5, 0.6) is 0 Å². The van der Waals surface area contributed by atoms with Gasteiger partial charge in [-0.1, -0.05) is 30.3 Å². The van der Waals surface area contributed by atoms with Crippen LogP contribution in [-0.2, 0) is 11.3 Å². The molecular weight excluding hydrogens is 416 g/mol. The fourth-order valence-corrected chi connectivity index (χ4v) is 7.77. The number of likely N-dealkylation sites (tertiary alicyclic amines) is 1. The molecular formula is C27H38N2O4. The SMILES string of the molecule is CC(C)(C)OC(=O)N(Cc1ccccc1)C1CCN(C(=O)O)[C@@H]1C1C2CC3CC(C2)CC1C3. The van der Waals surface area contributed by atoms with Crippen LogP contribution < -0.4 is 0 Å². The minimum atomic E-state index is -0.847. The number of benzene rings is 1. The average molecular weight is 455 g/mol. The number of hydrogen-bond acceptors (Lipinski definition) is 3. The highest BCUT2D eigenvalue weighted by atomic mass is 16.6. The van der Waals surface area contributed by atoms with E-state index < -0.39 is 11.7 Å². The minimum Gasteiger partial charge on any atom is -0.465 e. The summed E-state index contributed by atoms with van der Waals surface area (Å²) in [4.78, 5) is 29.4. The zero-order chi connectivity index (χ0) is 23.3. The summed E-state index contributed by atoms with van der Waals surface area (Å²) in [5.41, 5.74) is 0.441. The van der Waals surface area contributed by atoms with Gasteiger partial charge < -0.3 is 14.7 Å². The number of ether oxygens (including phenoxy) is 1. The number of amides is 2. The summed E-state index contributed by atoms with van der Waals surface area (Å²) in [6.45, 7) is 6.59. The molecule has 1 unspecified atom stereocenters. The Morgan fingerprint density at radius 2 is 1.64 bits per heavy atom. The highest BCUT2D eigenvalue weighted by Crippen LogP contribution is 2.59. The number of carbonyl (C=O) groups is 2. The molecule has 1 aromatic rings. The third-order valence-corrected chi connectivity index (χ3v) is 8.58. The van der Waals surface area contributed by atoms with Gasteiger partial charge in [-0.25, -0.2) is 9.59 Å². The number of nitrogens with zero attached hydrogens (tertiary/aromatic N) is 2. The summed E-state index contributed by atoms with van der Waals surface area (Å²) in [5, 5.41) is 10.1. The molecule has 6 heteroatoms. The lowest BCUT2D eigenvalue weighted by Gasteiger charge is -2.57. The molecule has 4 bridgehead atoms. The summed E-state index contributed by atoms with van der Waals surface area (Å²) in [6, 6.07) is 9.69. The first-order chi connectivity index (χ1) is 15.7. The summed E-state index contributed by atoms with van der Waals surface area (Å²) in [7, 11) is 0. The van der Waals surface area contributed by atoms with Gasteiger partial charge >= 0.3 is 12.2 Å². The van der Waals surface area contributed by atoms with Crippen molar-refractivity contribution in [1.82, 2.24) is 9.80 Å². The fraction of sp³-hybridized carbons (Fsp3) is 0.704. The lowest BCUT2D eigenvalue weighted by Crippen LogP contribution is -2.59. The van der Waals surface area contributed by atoms with Crippen LogP contribution in [0.15, 0.2) is 30.3 Å². The molecule has 2 atom stereocenters. The Labute approximate surface area is 197 Å². The van der Waals surface area contributed by atoms with Gasteiger partial charge in [-0.3, -0.25) is 4.90 Å². The second-order valence-corrected chi connectivity index (χ2v) is 11.9. The third-order valence-electron chi connectivity index (χ3n) is 8.58. The van der Waals surface area contributed by atoms with Crippen LogP contribution in [0.3, 0.4) is 0 Å². The summed E-state index contributed by atoms with van der Waals surface area (Å²) < 4.78 is 5.86. The van der Waals surface area contributed by atoms with E-state index in [1.165, 1.54) is 32.1 Å². The highest BCUT2D eigenvalue weighted by molar-refractivity contribution is 5.70. The van der Waals surface area contributed by atoms with Crippen molar-refractivity contribution in [3.8, 4) is 0 Å². The Bertz CT molecular complexity index is 852. The molecule has 2 amide bonds. The van der Waals surface area contributed by atoms with Gasteiger partial charge in [-0.05, 0) is 94.4 Å². The second kappa shape index (κ2) is 8.52. The van der Waals surface area contributed by atoms with Crippen LogP contribution in [0.2, 0.25) is 0 Å². The first-order valence-corrected chi connectivity index (χ1v) is 12.7. The lowest BCUT2D eigenvalue weighted by molar-refractivity contribution is -0.0768. The Hall–Kier alpha value is -2.24. The van der Waals surface area contributed by atoms with Crippen LogP contribution >= 0.6 is 0 Å². The molecule has 1 N–H and O–H groups in total. The Morgan fingerprint density at radius 3 is 2.18 bits per heavy atom. The van der Waals surface area contributed by atoms with Gasteiger partial charge in [-0.15, -0.1) is 0 Å². The van der Waals surface area contributed by atoms with Crippen molar-refractivity contribution in [3.05, 3.63) is 35.9 Å². The predicted molar refractivity (Wildman–Crippen MR) is 126 cm³/mol. The smallest absolute Gasteiger partial charge is 0.410 e. The zero-order valence-corrected chi connectivity index (χ0v) is 20.2. The van der Waals surface area contributed by atoms with Crippen molar-refractivity contribution in [1.29, 1.82) is 0 Å².